The van der Waals surface area contributed by atoms with Gasteiger partial charge in [-0.25, -0.2) is 4.98 Å². The van der Waals surface area contributed by atoms with E-state index in [0.717, 1.165) is 19.4 Å². The number of nitrogens with zero attached hydrogens (tertiary/aromatic N) is 2. The van der Waals surface area contributed by atoms with Gasteiger partial charge in [0.1, 0.15) is 11.5 Å². The van der Waals surface area contributed by atoms with Crippen molar-refractivity contribution in [3.63, 3.8) is 0 Å². The third kappa shape index (κ3) is 4.13. The Morgan fingerprint density at radius 3 is 2.74 bits per heavy atom. The number of nitrogens with one attached hydrogen (secondary N) is 2. The van der Waals surface area contributed by atoms with E-state index >= 15 is 0 Å². The number of nitro benzene ring substituents is 1. The lowest BCUT2D eigenvalue weighted by Gasteiger charge is -2.55. The number of hydrogen-bond donors (Lipinski definition) is 2. The zero-order valence-corrected chi connectivity index (χ0v) is 21.2. The molecule has 1 aromatic heterocycles. The summed E-state index contributed by atoms with van der Waals surface area (Å²) in [5.74, 6) is 1.72. The van der Waals surface area contributed by atoms with E-state index < -0.39 is 0 Å². The molecule has 35 heavy (non-hydrogen) atoms. The minimum absolute atomic E-state index is 0.0644. The lowest BCUT2D eigenvalue weighted by molar-refractivity contribution is -0.383. The number of aromatic nitrogens is 2. The Hall–Kier alpha value is -3.15. The second-order valence-electron chi connectivity index (χ2n) is 11.4. The molecule has 6 heteroatoms. The maximum atomic E-state index is 11.9. The number of imidazole rings is 1. The Morgan fingerprint density at radius 1 is 1.20 bits per heavy atom. The standard InChI is InChI=1S/C29H36N4O2/c1-19(2)20-6-9-23-21(16-20)8-11-26-28(3,12-5-13-29(23,26)4)18-32-24-10-7-22(17-25(24)33(34)35)27-30-14-15-31-27/h6-7,9-10,14-17,19,26,32H,5,8,11-13,18H2,1-4H3,(H,30,31)/t26-,28+,29+/m0/s1. The van der Waals surface area contributed by atoms with Crippen LogP contribution in [0.4, 0.5) is 11.4 Å². The van der Waals surface area contributed by atoms with Crippen molar-refractivity contribution in [2.75, 3.05) is 11.9 Å². The van der Waals surface area contributed by atoms with Gasteiger partial charge in [-0.1, -0.05) is 52.3 Å². The lowest BCUT2D eigenvalue weighted by atomic mass is 9.49. The summed E-state index contributed by atoms with van der Waals surface area (Å²) < 4.78 is 0. The molecule has 3 aromatic rings. The van der Waals surface area contributed by atoms with Crippen LogP contribution in [0.15, 0.2) is 48.8 Å². The summed E-state index contributed by atoms with van der Waals surface area (Å²) >= 11 is 0. The van der Waals surface area contributed by atoms with Gasteiger partial charge >= 0.3 is 0 Å². The van der Waals surface area contributed by atoms with Crippen molar-refractivity contribution in [3.05, 3.63) is 75.6 Å². The van der Waals surface area contributed by atoms with Gasteiger partial charge in [0.15, 0.2) is 0 Å². The molecule has 0 unspecified atom stereocenters. The summed E-state index contributed by atoms with van der Waals surface area (Å²) in [5.41, 5.74) is 6.08. The Morgan fingerprint density at radius 2 is 2.03 bits per heavy atom. The number of fused-ring (bicyclic) bond motifs is 3. The van der Waals surface area contributed by atoms with E-state index in [1.165, 1.54) is 36.0 Å². The number of anilines is 1. The number of rotatable bonds is 6. The van der Waals surface area contributed by atoms with Crippen LogP contribution in [0, 0.1) is 21.4 Å². The highest BCUT2D eigenvalue weighted by atomic mass is 16.6. The third-order valence-electron chi connectivity index (χ3n) is 8.82. The first-order valence-corrected chi connectivity index (χ1v) is 12.9. The van der Waals surface area contributed by atoms with Crippen LogP contribution in [-0.4, -0.2) is 21.4 Å². The highest BCUT2D eigenvalue weighted by Gasteiger charge is 2.51. The van der Waals surface area contributed by atoms with E-state index in [1.807, 2.05) is 12.1 Å². The van der Waals surface area contributed by atoms with Crippen LogP contribution in [0.5, 0.6) is 0 Å². The molecule has 2 aliphatic rings. The zero-order chi connectivity index (χ0) is 24.8. The highest BCUT2D eigenvalue weighted by molar-refractivity contribution is 5.70. The Balaban J connectivity index is 1.41. The van der Waals surface area contributed by atoms with Crippen molar-refractivity contribution < 1.29 is 4.92 Å². The number of benzene rings is 2. The van der Waals surface area contributed by atoms with Crippen LogP contribution < -0.4 is 5.32 Å². The van der Waals surface area contributed by atoms with E-state index in [0.29, 0.717) is 28.9 Å². The average molecular weight is 473 g/mol. The number of hydrogen-bond acceptors (Lipinski definition) is 4. The summed E-state index contributed by atoms with van der Waals surface area (Å²) in [7, 11) is 0. The molecular formula is C29H36N4O2. The predicted octanol–water partition coefficient (Wildman–Crippen LogP) is 7.23. The quantitative estimate of drug-likeness (QED) is 0.293. The second kappa shape index (κ2) is 8.81. The molecule has 0 spiro atoms. The second-order valence-corrected chi connectivity index (χ2v) is 11.4. The van der Waals surface area contributed by atoms with E-state index in [-0.39, 0.29) is 21.4 Å². The lowest BCUT2D eigenvalue weighted by Crippen LogP contribution is -2.51. The van der Waals surface area contributed by atoms with Crippen molar-refractivity contribution >= 4 is 11.4 Å². The first-order valence-electron chi connectivity index (χ1n) is 12.9. The van der Waals surface area contributed by atoms with Gasteiger partial charge in [-0.15, -0.1) is 0 Å². The van der Waals surface area contributed by atoms with Gasteiger partial charge in [-0.05, 0) is 77.2 Å². The molecule has 184 valence electrons. The van der Waals surface area contributed by atoms with Gasteiger partial charge < -0.3 is 10.3 Å². The SMILES string of the molecule is CC(C)c1ccc2c(c1)CC[C@H]1[C@@](C)(CNc3ccc(-c4ncc[nH]4)cc3[N+](=O)[O-])CCC[C@]21C. The van der Waals surface area contributed by atoms with Crippen LogP contribution >= 0.6 is 0 Å². The van der Waals surface area contributed by atoms with Crippen LogP contribution in [0.25, 0.3) is 11.4 Å². The molecule has 0 amide bonds. The van der Waals surface area contributed by atoms with Gasteiger partial charge in [0.05, 0.1) is 4.92 Å². The van der Waals surface area contributed by atoms with Crippen molar-refractivity contribution in [2.45, 2.75) is 71.1 Å². The summed E-state index contributed by atoms with van der Waals surface area (Å²) in [6.45, 7) is 10.1. The number of aryl methyl sites for hydroxylation is 1. The van der Waals surface area contributed by atoms with Gasteiger partial charge in [-0.2, -0.15) is 0 Å². The molecule has 2 aromatic carbocycles. The summed E-state index contributed by atoms with van der Waals surface area (Å²) in [5, 5.41) is 15.4. The first kappa shape index (κ1) is 23.6. The molecule has 3 atom stereocenters. The smallest absolute Gasteiger partial charge is 0.293 e. The van der Waals surface area contributed by atoms with Gasteiger partial charge in [0, 0.05) is 30.6 Å². The van der Waals surface area contributed by atoms with Crippen molar-refractivity contribution in [1.82, 2.24) is 9.97 Å². The van der Waals surface area contributed by atoms with Crippen molar-refractivity contribution in [3.8, 4) is 11.4 Å². The topological polar surface area (TPSA) is 83.8 Å². The van der Waals surface area contributed by atoms with Crippen molar-refractivity contribution in [1.29, 1.82) is 0 Å². The molecule has 1 fully saturated rings. The fourth-order valence-corrected chi connectivity index (χ4v) is 6.91. The molecule has 1 saturated carbocycles. The molecule has 1 heterocycles. The number of aromatic amines is 1. The highest BCUT2D eigenvalue weighted by Crippen LogP contribution is 2.57. The maximum Gasteiger partial charge on any atom is 0.293 e. The first-order chi connectivity index (χ1) is 16.7. The van der Waals surface area contributed by atoms with Gasteiger partial charge in [-0.3, -0.25) is 10.1 Å². The van der Waals surface area contributed by atoms with Crippen LogP contribution in [0.1, 0.15) is 76.0 Å². The summed E-state index contributed by atoms with van der Waals surface area (Å²) in [6, 6.07) is 12.5. The molecule has 2 aliphatic carbocycles. The molecule has 6 nitrogen and oxygen atoms in total. The van der Waals surface area contributed by atoms with Crippen molar-refractivity contribution in [2.24, 2.45) is 11.3 Å². The van der Waals surface area contributed by atoms with Crippen LogP contribution in [-0.2, 0) is 11.8 Å². The third-order valence-corrected chi connectivity index (χ3v) is 8.82. The van der Waals surface area contributed by atoms with Gasteiger partial charge in [0.2, 0.25) is 0 Å². The fraction of sp³-hybridized carbons (Fsp3) is 0.483. The minimum atomic E-state index is -0.300. The van der Waals surface area contributed by atoms with Crippen LogP contribution in [0.3, 0.4) is 0 Å². The van der Waals surface area contributed by atoms with E-state index in [2.05, 4.69) is 61.2 Å². The number of nitro groups is 1. The molecule has 0 bridgehead atoms. The van der Waals surface area contributed by atoms with Crippen LogP contribution in [0.2, 0.25) is 0 Å². The molecule has 5 rings (SSSR count). The Bertz CT molecular complexity index is 1240. The molecule has 0 aliphatic heterocycles. The molecular weight excluding hydrogens is 436 g/mol. The normalized spacial score (nSPS) is 25.7. The largest absolute Gasteiger partial charge is 0.379 e. The van der Waals surface area contributed by atoms with E-state index in [1.54, 1.807) is 18.5 Å². The fourth-order valence-electron chi connectivity index (χ4n) is 6.91. The summed E-state index contributed by atoms with van der Waals surface area (Å²) in [6.07, 6.45) is 9.18. The number of H-pyrrole nitrogens is 1. The average Bonchev–Trinajstić information content (AvgIpc) is 3.37. The molecule has 0 saturated heterocycles. The van der Waals surface area contributed by atoms with Gasteiger partial charge in [0.25, 0.3) is 5.69 Å². The summed E-state index contributed by atoms with van der Waals surface area (Å²) in [4.78, 5) is 18.9. The van der Waals surface area contributed by atoms with E-state index in [9.17, 15) is 10.1 Å². The zero-order valence-electron chi connectivity index (χ0n) is 21.2. The maximum absolute atomic E-state index is 11.9. The Labute approximate surface area is 207 Å². The molecule has 2 N–H and O–H groups in total. The monoisotopic (exact) mass is 472 g/mol. The Kier molecular flexibility index (Phi) is 5.94. The minimum Gasteiger partial charge on any atom is -0.379 e. The predicted molar refractivity (Wildman–Crippen MR) is 141 cm³/mol. The molecule has 0 radical (unpaired) electrons. The van der Waals surface area contributed by atoms with E-state index in [4.69, 9.17) is 0 Å².